The van der Waals surface area contributed by atoms with Gasteiger partial charge in [0.2, 0.25) is 0 Å². The van der Waals surface area contributed by atoms with Crippen LogP contribution < -0.4 is 0 Å². The lowest BCUT2D eigenvalue weighted by atomic mass is 9.84. The third-order valence-electron chi connectivity index (χ3n) is 7.08. The SMILES string of the molecule is CCn1cc(C(c2ccc3cccccc2-3)c2cn(CC)c3ccccc23)c2ccccc21. The molecule has 0 amide bonds. The standard InChI is InChI=1S/C31H28N2/c1-3-32-20-27(24-14-8-10-16-29(24)32)31(26-19-18-22-12-6-5-7-13-23(22)26)28-21-33(4-2)30-17-11-9-15-25(28)30/h5-21,31H,3-4H2,1-2H3. The Morgan fingerprint density at radius 1 is 0.545 bits per heavy atom. The van der Waals surface area contributed by atoms with E-state index in [0.717, 1.165) is 13.1 Å². The molecule has 2 aromatic carbocycles. The number of hydrogen-bond acceptors (Lipinski definition) is 0. The Hall–Kier alpha value is -3.78. The highest BCUT2D eigenvalue weighted by Crippen LogP contribution is 2.45. The van der Waals surface area contributed by atoms with Gasteiger partial charge < -0.3 is 9.13 Å². The second-order valence-electron chi connectivity index (χ2n) is 8.78. The maximum Gasteiger partial charge on any atom is 0.0483 e. The normalized spacial score (nSPS) is 11.8. The molecule has 2 heterocycles. The van der Waals surface area contributed by atoms with Gasteiger partial charge in [-0.15, -0.1) is 0 Å². The Balaban J connectivity index is 1.71. The first kappa shape index (κ1) is 19.9. The summed E-state index contributed by atoms with van der Waals surface area (Å²) in [4.78, 5) is 0. The first-order valence-electron chi connectivity index (χ1n) is 11.9. The van der Waals surface area contributed by atoms with Crippen molar-refractivity contribution in [3.8, 4) is 11.1 Å². The molecular weight excluding hydrogens is 400 g/mol. The minimum Gasteiger partial charge on any atom is -0.347 e. The van der Waals surface area contributed by atoms with E-state index >= 15 is 0 Å². The first-order valence-corrected chi connectivity index (χ1v) is 11.9. The van der Waals surface area contributed by atoms with E-state index in [-0.39, 0.29) is 5.92 Å². The average molecular weight is 429 g/mol. The fourth-order valence-corrected chi connectivity index (χ4v) is 5.53. The van der Waals surface area contributed by atoms with E-state index in [1.165, 1.54) is 49.6 Å². The minimum absolute atomic E-state index is 0.153. The highest BCUT2D eigenvalue weighted by molar-refractivity contribution is 5.91. The lowest BCUT2D eigenvalue weighted by Crippen LogP contribution is -2.03. The van der Waals surface area contributed by atoms with Crippen molar-refractivity contribution in [3.05, 3.63) is 120 Å². The highest BCUT2D eigenvalue weighted by atomic mass is 15.0. The van der Waals surface area contributed by atoms with Crippen molar-refractivity contribution in [3.63, 3.8) is 0 Å². The maximum absolute atomic E-state index is 2.39. The summed E-state index contributed by atoms with van der Waals surface area (Å²) in [6.45, 7) is 6.37. The van der Waals surface area contributed by atoms with E-state index in [9.17, 15) is 0 Å². The molecule has 4 aromatic rings. The summed E-state index contributed by atoms with van der Waals surface area (Å²) in [7, 11) is 0. The summed E-state index contributed by atoms with van der Waals surface area (Å²) in [5, 5.41) is 2.68. The summed E-state index contributed by atoms with van der Waals surface area (Å²) in [6.07, 6.45) is 4.77. The molecule has 0 unspecified atom stereocenters. The number of hydrogen-bond donors (Lipinski definition) is 0. The molecule has 2 aliphatic carbocycles. The second-order valence-corrected chi connectivity index (χ2v) is 8.78. The van der Waals surface area contributed by atoms with Crippen molar-refractivity contribution in [1.29, 1.82) is 0 Å². The molecule has 33 heavy (non-hydrogen) atoms. The van der Waals surface area contributed by atoms with E-state index in [4.69, 9.17) is 0 Å². The van der Waals surface area contributed by atoms with E-state index < -0.39 is 0 Å². The van der Waals surface area contributed by atoms with Crippen molar-refractivity contribution in [1.82, 2.24) is 9.13 Å². The summed E-state index contributed by atoms with van der Waals surface area (Å²) in [5.74, 6) is 0.153. The van der Waals surface area contributed by atoms with Gasteiger partial charge in [-0.05, 0) is 53.8 Å². The first-order chi connectivity index (χ1) is 16.3. The molecule has 0 aliphatic heterocycles. The van der Waals surface area contributed by atoms with Crippen LogP contribution in [-0.4, -0.2) is 9.13 Å². The van der Waals surface area contributed by atoms with E-state index in [0.29, 0.717) is 0 Å². The summed E-state index contributed by atoms with van der Waals surface area (Å²) in [5.41, 5.74) is 9.36. The molecule has 162 valence electrons. The lowest BCUT2D eigenvalue weighted by molar-refractivity contribution is 0.782. The second kappa shape index (κ2) is 7.97. The smallest absolute Gasteiger partial charge is 0.0483 e. The predicted molar refractivity (Wildman–Crippen MR) is 139 cm³/mol. The zero-order valence-corrected chi connectivity index (χ0v) is 19.2. The van der Waals surface area contributed by atoms with Crippen LogP contribution in [0, 0.1) is 0 Å². The van der Waals surface area contributed by atoms with Crippen LogP contribution in [0.2, 0.25) is 0 Å². The molecule has 2 aliphatic rings. The molecule has 0 bridgehead atoms. The van der Waals surface area contributed by atoms with Crippen molar-refractivity contribution in [2.24, 2.45) is 0 Å². The van der Waals surface area contributed by atoms with Crippen LogP contribution in [0.5, 0.6) is 0 Å². The van der Waals surface area contributed by atoms with Crippen LogP contribution >= 0.6 is 0 Å². The third kappa shape index (κ3) is 3.09. The van der Waals surface area contributed by atoms with Crippen LogP contribution in [0.3, 0.4) is 0 Å². The number of benzene rings is 2. The van der Waals surface area contributed by atoms with Gasteiger partial charge in [0.1, 0.15) is 0 Å². The lowest BCUT2D eigenvalue weighted by Gasteiger charge is -2.18. The summed E-state index contributed by atoms with van der Waals surface area (Å²) in [6, 6.07) is 33.2. The van der Waals surface area contributed by atoms with Gasteiger partial charge in [0, 0.05) is 53.2 Å². The van der Waals surface area contributed by atoms with Crippen LogP contribution in [0.15, 0.2) is 103 Å². The van der Waals surface area contributed by atoms with Gasteiger partial charge in [-0.3, -0.25) is 0 Å². The Labute approximate surface area is 195 Å². The van der Waals surface area contributed by atoms with Crippen molar-refractivity contribution < 1.29 is 0 Å². The molecule has 2 aromatic heterocycles. The number of rotatable bonds is 5. The number of aryl methyl sites for hydroxylation is 2. The third-order valence-corrected chi connectivity index (χ3v) is 7.08. The molecule has 0 spiro atoms. The molecule has 2 heteroatoms. The van der Waals surface area contributed by atoms with E-state index in [1.807, 2.05) is 0 Å². The van der Waals surface area contributed by atoms with Gasteiger partial charge in [-0.25, -0.2) is 0 Å². The van der Waals surface area contributed by atoms with E-state index in [1.54, 1.807) is 0 Å². The molecule has 0 atom stereocenters. The topological polar surface area (TPSA) is 9.86 Å². The average Bonchev–Trinajstić information content (AvgIpc) is 3.49. The fraction of sp³-hybridized carbons (Fsp3) is 0.161. The fourth-order valence-electron chi connectivity index (χ4n) is 5.53. The van der Waals surface area contributed by atoms with Crippen molar-refractivity contribution in [2.45, 2.75) is 32.9 Å². The summed E-state index contributed by atoms with van der Waals surface area (Å²) >= 11 is 0. The number of para-hydroxylation sites is 2. The zero-order valence-electron chi connectivity index (χ0n) is 19.2. The van der Waals surface area contributed by atoms with Gasteiger partial charge in [-0.2, -0.15) is 0 Å². The van der Waals surface area contributed by atoms with Gasteiger partial charge in [0.05, 0.1) is 0 Å². The molecule has 6 rings (SSSR count). The molecule has 0 saturated heterocycles. The highest BCUT2D eigenvalue weighted by Gasteiger charge is 2.28. The largest absolute Gasteiger partial charge is 0.347 e. The van der Waals surface area contributed by atoms with Crippen LogP contribution in [0.1, 0.15) is 36.5 Å². The Kier molecular flexibility index (Phi) is 4.80. The molecule has 0 radical (unpaired) electrons. The Bertz CT molecular complexity index is 1470. The summed E-state index contributed by atoms with van der Waals surface area (Å²) < 4.78 is 4.78. The van der Waals surface area contributed by atoms with Crippen molar-refractivity contribution >= 4 is 21.8 Å². The Morgan fingerprint density at radius 3 is 1.70 bits per heavy atom. The van der Waals surface area contributed by atoms with Gasteiger partial charge >= 0.3 is 0 Å². The van der Waals surface area contributed by atoms with Gasteiger partial charge in [0.25, 0.3) is 0 Å². The maximum atomic E-state index is 2.39. The van der Waals surface area contributed by atoms with Gasteiger partial charge in [-0.1, -0.05) is 78.9 Å². The molecule has 2 nitrogen and oxygen atoms in total. The number of nitrogens with zero attached hydrogens (tertiary/aromatic N) is 2. The van der Waals surface area contributed by atoms with Crippen molar-refractivity contribution in [2.75, 3.05) is 0 Å². The molecular formula is C31H28N2. The number of aromatic nitrogens is 2. The van der Waals surface area contributed by atoms with E-state index in [2.05, 4.69) is 126 Å². The zero-order chi connectivity index (χ0) is 22.4. The Morgan fingerprint density at radius 2 is 1.09 bits per heavy atom. The molecule has 0 N–H and O–H groups in total. The predicted octanol–water partition coefficient (Wildman–Crippen LogP) is 7.92. The van der Waals surface area contributed by atoms with Crippen LogP contribution in [-0.2, 0) is 13.1 Å². The van der Waals surface area contributed by atoms with Crippen LogP contribution in [0.25, 0.3) is 32.9 Å². The number of fused-ring (bicyclic) bond motifs is 3. The minimum atomic E-state index is 0.153. The monoisotopic (exact) mass is 428 g/mol. The van der Waals surface area contributed by atoms with Gasteiger partial charge in [0.15, 0.2) is 0 Å². The molecule has 0 saturated carbocycles. The van der Waals surface area contributed by atoms with Crippen LogP contribution in [0.4, 0.5) is 0 Å². The quantitative estimate of drug-likeness (QED) is 0.264. The molecule has 0 fully saturated rings.